The Labute approximate surface area is 148 Å². The van der Waals surface area contributed by atoms with Gasteiger partial charge in [0.25, 0.3) is 15.7 Å². The van der Waals surface area contributed by atoms with Gasteiger partial charge in [0.05, 0.1) is 9.82 Å². The molecule has 0 aliphatic heterocycles. The molecule has 25 heavy (non-hydrogen) atoms. The molecule has 128 valence electrons. The molecule has 9 heteroatoms. The van der Waals surface area contributed by atoms with E-state index in [9.17, 15) is 18.5 Å². The van der Waals surface area contributed by atoms with E-state index in [4.69, 9.17) is 0 Å². The second-order valence-corrected chi connectivity index (χ2v) is 7.96. The lowest BCUT2D eigenvalue weighted by Gasteiger charge is -2.16. The van der Waals surface area contributed by atoms with E-state index in [0.29, 0.717) is 5.13 Å². The molecule has 0 aliphatic carbocycles. The van der Waals surface area contributed by atoms with Gasteiger partial charge in [-0.1, -0.05) is 12.1 Å². The zero-order valence-corrected chi connectivity index (χ0v) is 14.7. The van der Waals surface area contributed by atoms with Crippen LogP contribution in [-0.2, 0) is 10.0 Å². The minimum absolute atomic E-state index is 0.00743. The second kappa shape index (κ2) is 6.61. The summed E-state index contributed by atoms with van der Waals surface area (Å²) in [6, 6.07) is 12.4. The summed E-state index contributed by atoms with van der Waals surface area (Å²) in [5, 5.41) is 12.8. The summed E-state index contributed by atoms with van der Waals surface area (Å²) in [6.45, 7) is 0. The molecule has 0 N–H and O–H groups in total. The molecule has 1 heterocycles. The van der Waals surface area contributed by atoms with Crippen molar-refractivity contribution in [2.75, 3.05) is 11.4 Å². The SMILES string of the molecule is CN(c1nccs1)S(=O)(=O)c1ccc(-c2ccc([N+](=O)[O-])cc2)cc1. The van der Waals surface area contributed by atoms with Crippen molar-refractivity contribution < 1.29 is 13.3 Å². The fourth-order valence-corrected chi connectivity index (χ4v) is 4.21. The normalized spacial score (nSPS) is 11.2. The average Bonchev–Trinajstić information content (AvgIpc) is 3.15. The number of rotatable bonds is 5. The summed E-state index contributed by atoms with van der Waals surface area (Å²) in [6.07, 6.45) is 1.55. The van der Waals surface area contributed by atoms with E-state index in [1.165, 1.54) is 42.6 Å². The number of non-ortho nitro benzene ring substituents is 1. The first-order valence-electron chi connectivity index (χ1n) is 7.13. The third kappa shape index (κ3) is 3.37. The molecule has 3 aromatic rings. The Morgan fingerprint density at radius 1 is 1.04 bits per heavy atom. The molecule has 0 saturated carbocycles. The van der Waals surface area contributed by atoms with Gasteiger partial charge in [-0.3, -0.25) is 10.1 Å². The second-order valence-electron chi connectivity index (χ2n) is 5.12. The number of aromatic nitrogens is 1. The standard InChI is InChI=1S/C16H13N3O4S2/c1-18(16-17-10-11-24-16)25(22,23)15-8-4-13(5-9-15)12-2-6-14(7-3-12)19(20)21/h2-11H,1H3. The van der Waals surface area contributed by atoms with Crippen LogP contribution in [0.1, 0.15) is 0 Å². The molecular formula is C16H13N3O4S2. The monoisotopic (exact) mass is 375 g/mol. The molecule has 0 atom stereocenters. The molecule has 0 saturated heterocycles. The quantitative estimate of drug-likeness (QED) is 0.502. The van der Waals surface area contributed by atoms with Crippen molar-refractivity contribution in [1.82, 2.24) is 4.98 Å². The van der Waals surface area contributed by atoms with E-state index >= 15 is 0 Å². The highest BCUT2D eigenvalue weighted by molar-refractivity contribution is 7.93. The topological polar surface area (TPSA) is 93.4 Å². The first-order valence-corrected chi connectivity index (χ1v) is 9.45. The van der Waals surface area contributed by atoms with Crippen molar-refractivity contribution in [3.63, 3.8) is 0 Å². The molecule has 0 spiro atoms. The minimum Gasteiger partial charge on any atom is -0.258 e. The van der Waals surface area contributed by atoms with Gasteiger partial charge in [0.1, 0.15) is 0 Å². The number of benzene rings is 2. The Morgan fingerprint density at radius 2 is 1.60 bits per heavy atom. The van der Waals surface area contributed by atoms with E-state index in [1.54, 1.807) is 35.8 Å². The summed E-state index contributed by atoms with van der Waals surface area (Å²) in [4.78, 5) is 14.4. The van der Waals surface area contributed by atoms with Crippen LogP contribution in [0.5, 0.6) is 0 Å². The number of sulfonamides is 1. The molecule has 1 aromatic heterocycles. The molecule has 2 aromatic carbocycles. The number of anilines is 1. The molecule has 0 unspecified atom stereocenters. The highest BCUT2D eigenvalue weighted by Gasteiger charge is 2.22. The lowest BCUT2D eigenvalue weighted by atomic mass is 10.1. The van der Waals surface area contributed by atoms with Crippen molar-refractivity contribution in [2.45, 2.75) is 4.90 Å². The van der Waals surface area contributed by atoms with Crippen LogP contribution in [0, 0.1) is 10.1 Å². The van der Waals surface area contributed by atoms with Crippen LogP contribution < -0.4 is 4.31 Å². The molecule has 0 aliphatic rings. The Morgan fingerprint density at radius 3 is 2.08 bits per heavy atom. The number of nitro benzene ring substituents is 1. The predicted molar refractivity (Wildman–Crippen MR) is 96.2 cm³/mol. The fourth-order valence-electron chi connectivity index (χ4n) is 2.23. The molecule has 0 amide bonds. The van der Waals surface area contributed by atoms with Crippen LogP contribution in [0.25, 0.3) is 11.1 Å². The van der Waals surface area contributed by atoms with E-state index in [-0.39, 0.29) is 10.6 Å². The maximum atomic E-state index is 12.6. The van der Waals surface area contributed by atoms with Crippen LogP contribution in [0.15, 0.2) is 65.0 Å². The summed E-state index contributed by atoms with van der Waals surface area (Å²) in [5.74, 6) is 0. The van der Waals surface area contributed by atoms with Crippen LogP contribution in [0.4, 0.5) is 10.8 Å². The van der Waals surface area contributed by atoms with Crippen molar-refractivity contribution in [1.29, 1.82) is 0 Å². The van der Waals surface area contributed by atoms with Crippen LogP contribution in [0.2, 0.25) is 0 Å². The molecule has 7 nitrogen and oxygen atoms in total. The van der Waals surface area contributed by atoms with Crippen molar-refractivity contribution >= 4 is 32.2 Å². The average molecular weight is 375 g/mol. The Hall–Kier alpha value is -2.78. The van der Waals surface area contributed by atoms with Gasteiger partial charge >= 0.3 is 0 Å². The van der Waals surface area contributed by atoms with Gasteiger partial charge in [0.15, 0.2) is 5.13 Å². The largest absolute Gasteiger partial charge is 0.269 e. The Balaban J connectivity index is 1.88. The fraction of sp³-hybridized carbons (Fsp3) is 0.0625. The molecule has 0 fully saturated rings. The van der Waals surface area contributed by atoms with Crippen molar-refractivity contribution in [3.8, 4) is 11.1 Å². The smallest absolute Gasteiger partial charge is 0.258 e. The van der Waals surface area contributed by atoms with Gasteiger partial charge < -0.3 is 0 Å². The molecule has 0 bridgehead atoms. The zero-order chi connectivity index (χ0) is 18.0. The Kier molecular flexibility index (Phi) is 4.51. The molecule has 0 radical (unpaired) electrons. The van der Waals surface area contributed by atoms with Crippen LogP contribution >= 0.6 is 11.3 Å². The van der Waals surface area contributed by atoms with Crippen LogP contribution in [-0.4, -0.2) is 25.4 Å². The van der Waals surface area contributed by atoms with Gasteiger partial charge in [0, 0.05) is 30.8 Å². The molecule has 3 rings (SSSR count). The maximum Gasteiger partial charge on any atom is 0.269 e. The van der Waals surface area contributed by atoms with Crippen LogP contribution in [0.3, 0.4) is 0 Å². The van der Waals surface area contributed by atoms with Gasteiger partial charge in [-0.15, -0.1) is 11.3 Å². The zero-order valence-electron chi connectivity index (χ0n) is 13.1. The lowest BCUT2D eigenvalue weighted by Crippen LogP contribution is -2.26. The minimum atomic E-state index is -3.69. The lowest BCUT2D eigenvalue weighted by molar-refractivity contribution is -0.384. The predicted octanol–water partition coefficient (Wildman–Crippen LogP) is 3.54. The first-order chi connectivity index (χ1) is 11.9. The number of nitro groups is 1. The summed E-state index contributed by atoms with van der Waals surface area (Å²) in [7, 11) is -2.23. The number of hydrogen-bond donors (Lipinski definition) is 0. The first kappa shape index (κ1) is 17.1. The summed E-state index contributed by atoms with van der Waals surface area (Å²) in [5.41, 5.74) is 1.54. The van der Waals surface area contributed by atoms with Gasteiger partial charge in [0.2, 0.25) is 0 Å². The van der Waals surface area contributed by atoms with Crippen molar-refractivity contribution in [2.24, 2.45) is 0 Å². The third-order valence-corrected chi connectivity index (χ3v) is 6.34. The van der Waals surface area contributed by atoms with Gasteiger partial charge in [-0.25, -0.2) is 17.7 Å². The third-order valence-electron chi connectivity index (χ3n) is 3.61. The highest BCUT2D eigenvalue weighted by Crippen LogP contribution is 2.27. The maximum absolute atomic E-state index is 12.6. The molecular weight excluding hydrogens is 362 g/mol. The number of hydrogen-bond acceptors (Lipinski definition) is 6. The number of thiazole rings is 1. The Bertz CT molecular complexity index is 983. The number of nitrogens with zero attached hydrogens (tertiary/aromatic N) is 3. The van der Waals surface area contributed by atoms with Gasteiger partial charge in [-0.05, 0) is 35.4 Å². The van der Waals surface area contributed by atoms with Gasteiger partial charge in [-0.2, -0.15) is 0 Å². The van der Waals surface area contributed by atoms with E-state index in [2.05, 4.69) is 4.98 Å². The van der Waals surface area contributed by atoms with E-state index in [0.717, 1.165) is 15.4 Å². The summed E-state index contributed by atoms with van der Waals surface area (Å²) >= 11 is 1.24. The van der Waals surface area contributed by atoms with Crippen molar-refractivity contribution in [3.05, 3.63) is 70.2 Å². The summed E-state index contributed by atoms with van der Waals surface area (Å²) < 4.78 is 26.4. The highest BCUT2D eigenvalue weighted by atomic mass is 32.2. The van der Waals surface area contributed by atoms with E-state index < -0.39 is 14.9 Å². The van der Waals surface area contributed by atoms with E-state index in [1.807, 2.05) is 0 Å².